The van der Waals surface area contributed by atoms with Crippen molar-refractivity contribution in [3.05, 3.63) is 18.7 Å². The normalized spacial score (nSPS) is 22.1. The van der Waals surface area contributed by atoms with Gasteiger partial charge in [-0.15, -0.1) is 0 Å². The lowest BCUT2D eigenvalue weighted by molar-refractivity contribution is 0.138. The number of nitrogens with zero attached hydrogens (tertiary/aromatic N) is 5. The number of aliphatic hydroxyl groups is 1. The molecule has 2 heterocycles. The Morgan fingerprint density at radius 1 is 1.35 bits per heavy atom. The van der Waals surface area contributed by atoms with Gasteiger partial charge in [-0.3, -0.25) is 4.57 Å². The van der Waals surface area contributed by atoms with Gasteiger partial charge in [-0.05, 0) is 12.8 Å². The first-order valence-electron chi connectivity index (χ1n) is 6.64. The Morgan fingerprint density at radius 2 is 2.25 bits per heavy atom. The molecule has 0 saturated heterocycles. The summed E-state index contributed by atoms with van der Waals surface area (Å²) in [5.41, 5.74) is 5.69. The molecule has 20 heavy (non-hydrogen) atoms. The summed E-state index contributed by atoms with van der Waals surface area (Å²) in [7, 11) is 0. The highest BCUT2D eigenvalue weighted by Gasteiger charge is 2.25. The smallest absolute Gasteiger partial charge is 0.241 e. The minimum absolute atomic E-state index is 0.151. The Labute approximate surface area is 116 Å². The van der Waals surface area contributed by atoms with Crippen molar-refractivity contribution in [3.8, 4) is 5.95 Å². The van der Waals surface area contributed by atoms with E-state index in [0.29, 0.717) is 18.4 Å². The van der Waals surface area contributed by atoms with Crippen molar-refractivity contribution >= 4 is 11.9 Å². The summed E-state index contributed by atoms with van der Waals surface area (Å²) in [6, 6.07) is 0. The van der Waals surface area contributed by atoms with Crippen molar-refractivity contribution in [2.45, 2.75) is 25.4 Å². The van der Waals surface area contributed by atoms with E-state index in [1.165, 1.54) is 0 Å². The molecule has 0 bridgehead atoms. The van der Waals surface area contributed by atoms with E-state index < -0.39 is 0 Å². The van der Waals surface area contributed by atoms with Gasteiger partial charge in [-0.25, -0.2) is 4.98 Å². The molecule has 3 rings (SSSR count). The summed E-state index contributed by atoms with van der Waals surface area (Å²) in [5.74, 6) is 1.23. The van der Waals surface area contributed by atoms with Crippen LogP contribution < -0.4 is 11.1 Å². The Kier molecular flexibility index (Phi) is 3.46. The Morgan fingerprint density at radius 3 is 2.95 bits per heavy atom. The van der Waals surface area contributed by atoms with Crippen LogP contribution in [0.1, 0.15) is 19.3 Å². The van der Waals surface area contributed by atoms with Gasteiger partial charge in [-0.1, -0.05) is 6.42 Å². The maximum atomic E-state index is 9.80. The van der Waals surface area contributed by atoms with Crippen LogP contribution >= 0.6 is 0 Å². The molecule has 8 nitrogen and oxygen atoms in total. The molecule has 2 atom stereocenters. The fraction of sp³-hybridized carbons (Fsp3) is 0.500. The third-order valence-electron chi connectivity index (χ3n) is 3.52. The summed E-state index contributed by atoms with van der Waals surface area (Å²) in [6.07, 6.45) is 7.68. The van der Waals surface area contributed by atoms with E-state index in [-0.39, 0.29) is 18.0 Å². The first-order valence-corrected chi connectivity index (χ1v) is 6.64. The van der Waals surface area contributed by atoms with Gasteiger partial charge in [0.15, 0.2) is 0 Å². The van der Waals surface area contributed by atoms with Crippen molar-refractivity contribution in [1.29, 1.82) is 0 Å². The molecule has 1 aliphatic rings. The van der Waals surface area contributed by atoms with E-state index >= 15 is 0 Å². The standard InChI is InChI=1S/C12H17N7O/c13-10-16-11(15-6-8-2-1-3-9(8)20)18-12(17-10)19-5-4-14-7-19/h4-5,7-9,20H,1-3,6H2,(H3,13,15,16,17,18). The summed E-state index contributed by atoms with van der Waals surface area (Å²) in [6.45, 7) is 0.633. The van der Waals surface area contributed by atoms with Crippen LogP contribution in [0.15, 0.2) is 18.7 Å². The zero-order valence-electron chi connectivity index (χ0n) is 11.0. The van der Waals surface area contributed by atoms with Crippen LogP contribution in [0.25, 0.3) is 5.95 Å². The van der Waals surface area contributed by atoms with Gasteiger partial charge >= 0.3 is 0 Å². The molecule has 0 amide bonds. The topological polar surface area (TPSA) is 115 Å². The van der Waals surface area contributed by atoms with Crippen LogP contribution in [0.2, 0.25) is 0 Å². The van der Waals surface area contributed by atoms with Crippen molar-refractivity contribution in [1.82, 2.24) is 24.5 Å². The van der Waals surface area contributed by atoms with Crippen LogP contribution in [0, 0.1) is 5.92 Å². The molecule has 0 aliphatic heterocycles. The molecule has 1 fully saturated rings. The van der Waals surface area contributed by atoms with Gasteiger partial charge in [0.05, 0.1) is 6.10 Å². The number of aliphatic hydroxyl groups excluding tert-OH is 1. The maximum absolute atomic E-state index is 9.80. The van der Waals surface area contributed by atoms with Gasteiger partial charge in [0.2, 0.25) is 17.8 Å². The Hall–Kier alpha value is -2.22. The molecule has 0 radical (unpaired) electrons. The first-order chi connectivity index (χ1) is 9.72. The first kappa shape index (κ1) is 12.8. The second-order valence-corrected chi connectivity index (χ2v) is 4.93. The molecule has 0 aromatic carbocycles. The molecular formula is C12H17N7O. The van der Waals surface area contributed by atoms with E-state index in [9.17, 15) is 5.11 Å². The molecule has 2 unspecified atom stereocenters. The SMILES string of the molecule is Nc1nc(NCC2CCCC2O)nc(-n2ccnc2)n1. The largest absolute Gasteiger partial charge is 0.393 e. The highest BCUT2D eigenvalue weighted by atomic mass is 16.3. The average molecular weight is 275 g/mol. The predicted molar refractivity (Wildman–Crippen MR) is 73.2 cm³/mol. The number of rotatable bonds is 4. The van der Waals surface area contributed by atoms with Crippen LogP contribution in [0.3, 0.4) is 0 Å². The predicted octanol–water partition coefficient (Wildman–Crippen LogP) is 0.212. The van der Waals surface area contributed by atoms with E-state index in [0.717, 1.165) is 19.3 Å². The average Bonchev–Trinajstić information content (AvgIpc) is 3.07. The minimum Gasteiger partial charge on any atom is -0.393 e. The summed E-state index contributed by atoms with van der Waals surface area (Å²) < 4.78 is 1.66. The van der Waals surface area contributed by atoms with Crippen LogP contribution in [0.4, 0.5) is 11.9 Å². The number of nitrogens with one attached hydrogen (secondary N) is 1. The quantitative estimate of drug-likeness (QED) is 0.730. The number of nitrogens with two attached hydrogens (primary N) is 1. The number of anilines is 2. The second kappa shape index (κ2) is 5.41. The highest BCUT2D eigenvalue weighted by molar-refractivity contribution is 5.35. The molecular weight excluding hydrogens is 258 g/mol. The zero-order chi connectivity index (χ0) is 13.9. The monoisotopic (exact) mass is 275 g/mol. The van der Waals surface area contributed by atoms with Crippen LogP contribution in [-0.2, 0) is 0 Å². The van der Waals surface area contributed by atoms with Crippen molar-refractivity contribution in [2.24, 2.45) is 5.92 Å². The molecule has 2 aromatic heterocycles. The number of hydrogen-bond acceptors (Lipinski definition) is 7. The highest BCUT2D eigenvalue weighted by Crippen LogP contribution is 2.25. The number of nitrogen functional groups attached to an aromatic ring is 1. The summed E-state index contributed by atoms with van der Waals surface area (Å²) in [4.78, 5) is 16.4. The van der Waals surface area contributed by atoms with Crippen molar-refractivity contribution < 1.29 is 5.11 Å². The lowest BCUT2D eigenvalue weighted by Crippen LogP contribution is -2.23. The molecule has 8 heteroatoms. The van der Waals surface area contributed by atoms with E-state index in [4.69, 9.17) is 5.73 Å². The minimum atomic E-state index is -0.241. The van der Waals surface area contributed by atoms with Crippen molar-refractivity contribution in [2.75, 3.05) is 17.6 Å². The Balaban J connectivity index is 1.73. The van der Waals surface area contributed by atoms with E-state index in [1.807, 2.05) is 0 Å². The third-order valence-corrected chi connectivity index (χ3v) is 3.52. The lowest BCUT2D eigenvalue weighted by atomic mass is 10.1. The van der Waals surface area contributed by atoms with E-state index in [2.05, 4.69) is 25.3 Å². The van der Waals surface area contributed by atoms with Gasteiger partial charge in [0, 0.05) is 24.9 Å². The number of imidazole rings is 1. The fourth-order valence-corrected chi connectivity index (χ4v) is 2.43. The van der Waals surface area contributed by atoms with Gasteiger partial charge < -0.3 is 16.2 Å². The molecule has 1 saturated carbocycles. The van der Waals surface area contributed by atoms with Gasteiger partial charge in [0.25, 0.3) is 0 Å². The molecule has 2 aromatic rings. The van der Waals surface area contributed by atoms with Crippen molar-refractivity contribution in [3.63, 3.8) is 0 Å². The van der Waals surface area contributed by atoms with Crippen LogP contribution in [-0.4, -0.2) is 42.3 Å². The second-order valence-electron chi connectivity index (χ2n) is 4.93. The maximum Gasteiger partial charge on any atom is 0.241 e. The fourth-order valence-electron chi connectivity index (χ4n) is 2.43. The molecule has 1 aliphatic carbocycles. The molecule has 106 valence electrons. The lowest BCUT2D eigenvalue weighted by Gasteiger charge is -2.15. The summed E-state index contributed by atoms with van der Waals surface area (Å²) in [5, 5.41) is 12.9. The number of aromatic nitrogens is 5. The van der Waals surface area contributed by atoms with E-state index in [1.54, 1.807) is 23.3 Å². The number of hydrogen-bond donors (Lipinski definition) is 3. The third kappa shape index (κ3) is 2.69. The Bertz CT molecular complexity index is 571. The van der Waals surface area contributed by atoms with Gasteiger partial charge in [-0.2, -0.15) is 15.0 Å². The van der Waals surface area contributed by atoms with Gasteiger partial charge in [0.1, 0.15) is 6.33 Å². The summed E-state index contributed by atoms with van der Waals surface area (Å²) >= 11 is 0. The molecule has 4 N–H and O–H groups in total. The zero-order valence-corrected chi connectivity index (χ0v) is 11.0. The molecule has 0 spiro atoms. The van der Waals surface area contributed by atoms with Crippen LogP contribution in [0.5, 0.6) is 0 Å².